The number of ether oxygens (including phenoxy) is 1. The third-order valence-electron chi connectivity index (χ3n) is 3.29. The van der Waals surface area contributed by atoms with Crippen molar-refractivity contribution in [3.63, 3.8) is 0 Å². The Labute approximate surface area is 95.0 Å². The number of carboxylic acids is 1. The molecule has 1 unspecified atom stereocenters. The first kappa shape index (κ1) is 11.0. The van der Waals surface area contributed by atoms with Crippen molar-refractivity contribution in [2.45, 2.75) is 26.2 Å². The Kier molecular flexibility index (Phi) is 2.86. The zero-order chi connectivity index (χ0) is 11.7. The molecule has 3 heteroatoms. The van der Waals surface area contributed by atoms with Crippen molar-refractivity contribution >= 4 is 5.97 Å². The third kappa shape index (κ3) is 1.90. The Bertz CT molecular complexity index is 423. The van der Waals surface area contributed by atoms with Gasteiger partial charge in [-0.25, -0.2) is 0 Å². The van der Waals surface area contributed by atoms with E-state index in [0.717, 1.165) is 29.7 Å². The number of carbonyl (C=O) groups is 1. The first-order chi connectivity index (χ1) is 7.61. The van der Waals surface area contributed by atoms with E-state index in [1.807, 2.05) is 13.0 Å². The molecule has 86 valence electrons. The highest BCUT2D eigenvalue weighted by molar-refractivity contribution is 5.71. The van der Waals surface area contributed by atoms with Crippen LogP contribution in [-0.2, 0) is 17.6 Å². The minimum absolute atomic E-state index is 0.222. The summed E-state index contributed by atoms with van der Waals surface area (Å²) in [5.74, 6) is -0.00746. The number of hydrogen-bond acceptors (Lipinski definition) is 2. The number of aliphatic carboxylic acids is 1. The largest absolute Gasteiger partial charge is 0.496 e. The van der Waals surface area contributed by atoms with E-state index < -0.39 is 5.97 Å². The lowest BCUT2D eigenvalue weighted by Crippen LogP contribution is -2.22. The smallest absolute Gasteiger partial charge is 0.306 e. The van der Waals surface area contributed by atoms with Crippen molar-refractivity contribution in [3.05, 3.63) is 28.8 Å². The van der Waals surface area contributed by atoms with Crippen molar-refractivity contribution in [3.8, 4) is 5.75 Å². The predicted molar refractivity (Wildman–Crippen MR) is 60.9 cm³/mol. The van der Waals surface area contributed by atoms with E-state index in [0.29, 0.717) is 6.42 Å². The summed E-state index contributed by atoms with van der Waals surface area (Å²) in [5.41, 5.74) is 3.48. The molecule has 1 aliphatic carbocycles. The maximum Gasteiger partial charge on any atom is 0.306 e. The van der Waals surface area contributed by atoms with Crippen LogP contribution in [0.4, 0.5) is 0 Å². The molecule has 3 nitrogen and oxygen atoms in total. The molecular formula is C13H16O3. The first-order valence-corrected chi connectivity index (χ1v) is 5.51. The Morgan fingerprint density at radius 1 is 1.44 bits per heavy atom. The quantitative estimate of drug-likeness (QED) is 0.831. The zero-order valence-electron chi connectivity index (χ0n) is 9.62. The second-order valence-electron chi connectivity index (χ2n) is 4.37. The van der Waals surface area contributed by atoms with Gasteiger partial charge in [0.25, 0.3) is 0 Å². The number of aryl methyl sites for hydroxylation is 2. The van der Waals surface area contributed by atoms with Crippen molar-refractivity contribution in [2.24, 2.45) is 5.92 Å². The monoisotopic (exact) mass is 220 g/mol. The summed E-state index contributed by atoms with van der Waals surface area (Å²) in [6.45, 7) is 1.99. The van der Waals surface area contributed by atoms with Crippen LogP contribution in [0.25, 0.3) is 0 Å². The van der Waals surface area contributed by atoms with Gasteiger partial charge in [0.1, 0.15) is 5.75 Å². The van der Waals surface area contributed by atoms with Gasteiger partial charge in [0.15, 0.2) is 0 Å². The maximum absolute atomic E-state index is 10.9. The first-order valence-electron chi connectivity index (χ1n) is 5.51. The molecule has 0 aliphatic heterocycles. The molecule has 16 heavy (non-hydrogen) atoms. The minimum Gasteiger partial charge on any atom is -0.496 e. The highest BCUT2D eigenvalue weighted by Crippen LogP contribution is 2.31. The van der Waals surface area contributed by atoms with Gasteiger partial charge in [0.05, 0.1) is 13.0 Å². The molecule has 0 saturated carbocycles. The molecule has 0 aromatic heterocycles. The van der Waals surface area contributed by atoms with Gasteiger partial charge in [-0.1, -0.05) is 6.07 Å². The Morgan fingerprint density at radius 3 is 2.81 bits per heavy atom. The molecule has 0 saturated heterocycles. The van der Waals surface area contributed by atoms with Crippen LogP contribution in [0.15, 0.2) is 12.1 Å². The molecule has 1 aliphatic rings. The van der Waals surface area contributed by atoms with Gasteiger partial charge >= 0.3 is 5.97 Å². The highest BCUT2D eigenvalue weighted by atomic mass is 16.5. The fraction of sp³-hybridized carbons (Fsp3) is 0.462. The number of rotatable bonds is 2. The predicted octanol–water partition coefficient (Wildman–Crippen LogP) is 2.19. The molecular weight excluding hydrogens is 204 g/mol. The zero-order valence-corrected chi connectivity index (χ0v) is 9.62. The lowest BCUT2D eigenvalue weighted by Gasteiger charge is -2.22. The van der Waals surface area contributed by atoms with Gasteiger partial charge < -0.3 is 9.84 Å². The van der Waals surface area contributed by atoms with Crippen LogP contribution < -0.4 is 4.74 Å². The fourth-order valence-corrected chi connectivity index (χ4v) is 2.34. The summed E-state index contributed by atoms with van der Waals surface area (Å²) in [6.07, 6.45) is 2.22. The Hall–Kier alpha value is -1.51. The van der Waals surface area contributed by atoms with E-state index in [-0.39, 0.29) is 5.92 Å². The van der Waals surface area contributed by atoms with Gasteiger partial charge in [-0.3, -0.25) is 4.79 Å². The van der Waals surface area contributed by atoms with Crippen LogP contribution in [0.1, 0.15) is 23.1 Å². The fourth-order valence-electron chi connectivity index (χ4n) is 2.34. The summed E-state index contributed by atoms with van der Waals surface area (Å²) >= 11 is 0. The standard InChI is InChI=1S/C13H16O3/c1-8-5-11-6-10(13(14)15)4-3-9(11)7-12(8)16-2/h5,7,10H,3-4,6H2,1-2H3,(H,14,15). The number of fused-ring (bicyclic) bond motifs is 1. The van der Waals surface area contributed by atoms with E-state index in [9.17, 15) is 4.79 Å². The van der Waals surface area contributed by atoms with E-state index in [1.165, 1.54) is 5.56 Å². The van der Waals surface area contributed by atoms with Crippen molar-refractivity contribution in [2.75, 3.05) is 7.11 Å². The molecule has 0 fully saturated rings. The molecule has 1 atom stereocenters. The second-order valence-corrected chi connectivity index (χ2v) is 4.37. The molecule has 1 N–H and O–H groups in total. The average molecular weight is 220 g/mol. The second kappa shape index (κ2) is 4.16. The van der Waals surface area contributed by atoms with Crippen LogP contribution in [-0.4, -0.2) is 18.2 Å². The van der Waals surface area contributed by atoms with Gasteiger partial charge in [-0.2, -0.15) is 0 Å². The SMILES string of the molecule is COc1cc2c(cc1C)CC(C(=O)O)CC2. The molecule has 0 radical (unpaired) electrons. The topological polar surface area (TPSA) is 46.5 Å². The van der Waals surface area contributed by atoms with Gasteiger partial charge in [0, 0.05) is 0 Å². The summed E-state index contributed by atoms with van der Waals surface area (Å²) in [4.78, 5) is 10.9. The summed E-state index contributed by atoms with van der Waals surface area (Å²) in [6, 6.07) is 4.10. The van der Waals surface area contributed by atoms with Gasteiger partial charge in [0.2, 0.25) is 0 Å². The number of carboxylic acid groups (broad SMARTS) is 1. The molecule has 0 spiro atoms. The Balaban J connectivity index is 2.33. The third-order valence-corrected chi connectivity index (χ3v) is 3.29. The van der Waals surface area contributed by atoms with Crippen molar-refractivity contribution < 1.29 is 14.6 Å². The molecule has 2 rings (SSSR count). The van der Waals surface area contributed by atoms with Crippen LogP contribution in [0.5, 0.6) is 5.75 Å². The lowest BCUT2D eigenvalue weighted by molar-refractivity contribution is -0.142. The van der Waals surface area contributed by atoms with Crippen LogP contribution in [0.3, 0.4) is 0 Å². The van der Waals surface area contributed by atoms with Crippen molar-refractivity contribution in [1.29, 1.82) is 0 Å². The highest BCUT2D eigenvalue weighted by Gasteiger charge is 2.24. The van der Waals surface area contributed by atoms with Crippen molar-refractivity contribution in [1.82, 2.24) is 0 Å². The minimum atomic E-state index is -0.681. The molecule has 0 heterocycles. The molecule has 1 aromatic rings. The summed E-state index contributed by atoms with van der Waals surface area (Å²) in [7, 11) is 1.66. The van der Waals surface area contributed by atoms with E-state index in [1.54, 1.807) is 7.11 Å². The lowest BCUT2D eigenvalue weighted by atomic mass is 9.83. The number of benzene rings is 1. The normalized spacial score (nSPS) is 19.0. The van der Waals surface area contributed by atoms with Crippen LogP contribution in [0.2, 0.25) is 0 Å². The Morgan fingerprint density at radius 2 is 2.19 bits per heavy atom. The molecule has 1 aromatic carbocycles. The van der Waals surface area contributed by atoms with Crippen LogP contribution >= 0.6 is 0 Å². The maximum atomic E-state index is 10.9. The summed E-state index contributed by atoms with van der Waals surface area (Å²) < 4.78 is 5.27. The summed E-state index contributed by atoms with van der Waals surface area (Å²) in [5, 5.41) is 9.01. The molecule has 0 amide bonds. The van der Waals surface area contributed by atoms with E-state index >= 15 is 0 Å². The van der Waals surface area contributed by atoms with E-state index in [4.69, 9.17) is 9.84 Å². The number of hydrogen-bond donors (Lipinski definition) is 1. The average Bonchev–Trinajstić information content (AvgIpc) is 2.27. The molecule has 0 bridgehead atoms. The van der Waals surface area contributed by atoms with Crippen LogP contribution in [0, 0.1) is 12.8 Å². The van der Waals surface area contributed by atoms with Gasteiger partial charge in [-0.05, 0) is 48.9 Å². The van der Waals surface area contributed by atoms with Gasteiger partial charge in [-0.15, -0.1) is 0 Å². The number of methoxy groups -OCH3 is 1. The van der Waals surface area contributed by atoms with E-state index in [2.05, 4.69) is 6.07 Å².